The number of nitrogens with zero attached hydrogens (tertiary/aromatic N) is 3. The Morgan fingerprint density at radius 1 is 1.31 bits per heavy atom. The maximum absolute atomic E-state index is 13.2. The minimum absolute atomic E-state index is 0.142. The van der Waals surface area contributed by atoms with E-state index >= 15 is 0 Å². The van der Waals surface area contributed by atoms with Crippen molar-refractivity contribution in [2.75, 3.05) is 12.4 Å². The number of aliphatic carboxylic acids is 1. The SMILES string of the molecule is CC(=O)OCC1=C(C(=O)O)N2C(=O)[C@@H](NC(=O)CCn3nc(C(F)(F)F)c(Cl)c3C3CC3)[C@@H]2SC1. The molecule has 1 saturated carbocycles. The van der Waals surface area contributed by atoms with Gasteiger partial charge in [-0.15, -0.1) is 11.8 Å². The van der Waals surface area contributed by atoms with Crippen LogP contribution in [0.25, 0.3) is 0 Å². The van der Waals surface area contributed by atoms with Gasteiger partial charge in [-0.1, -0.05) is 11.6 Å². The molecule has 4 rings (SSSR count). The van der Waals surface area contributed by atoms with E-state index in [1.807, 2.05) is 0 Å². The largest absolute Gasteiger partial charge is 0.477 e. The van der Waals surface area contributed by atoms with Crippen molar-refractivity contribution in [3.63, 3.8) is 0 Å². The monoisotopic (exact) mass is 536 g/mol. The van der Waals surface area contributed by atoms with Gasteiger partial charge in [0.15, 0.2) is 5.69 Å². The van der Waals surface area contributed by atoms with Crippen LogP contribution >= 0.6 is 23.4 Å². The van der Waals surface area contributed by atoms with Gasteiger partial charge in [-0.2, -0.15) is 18.3 Å². The van der Waals surface area contributed by atoms with Gasteiger partial charge in [-0.05, 0) is 12.8 Å². The van der Waals surface area contributed by atoms with Crippen LogP contribution in [-0.4, -0.2) is 67.3 Å². The fraction of sp³-hybridized carbons (Fsp3) is 0.550. The van der Waals surface area contributed by atoms with E-state index in [-0.39, 0.29) is 48.2 Å². The first-order chi connectivity index (χ1) is 16.4. The molecule has 0 unspecified atom stereocenters. The van der Waals surface area contributed by atoms with Crippen LogP contribution in [0.15, 0.2) is 11.3 Å². The standard InChI is InChI=1S/C20H20ClF3N4O6S/c1-8(29)34-6-10-7-35-18-13(17(31)28(18)15(10)19(32)33)25-11(30)4-5-27-14(9-2-3-9)12(21)16(26-27)20(22,23)24/h9,13,18H,2-7H2,1H3,(H,25,30)(H,32,33)/t13-,18+/m1/s1. The molecule has 3 aliphatic rings. The second-order valence-electron chi connectivity index (χ2n) is 8.29. The summed E-state index contributed by atoms with van der Waals surface area (Å²) < 4.78 is 45.6. The lowest BCUT2D eigenvalue weighted by atomic mass is 10.0. The summed E-state index contributed by atoms with van der Waals surface area (Å²) >= 11 is 7.13. The molecule has 0 bridgehead atoms. The van der Waals surface area contributed by atoms with Crippen molar-refractivity contribution in [1.82, 2.24) is 20.0 Å². The predicted octanol–water partition coefficient (Wildman–Crippen LogP) is 2.12. The number of esters is 1. The highest BCUT2D eigenvalue weighted by atomic mass is 35.5. The third-order valence-corrected chi connectivity index (χ3v) is 7.44. The van der Waals surface area contributed by atoms with E-state index in [4.69, 9.17) is 16.3 Å². The van der Waals surface area contributed by atoms with Gasteiger partial charge in [-0.3, -0.25) is 24.0 Å². The van der Waals surface area contributed by atoms with E-state index in [2.05, 4.69) is 10.4 Å². The summed E-state index contributed by atoms with van der Waals surface area (Å²) in [6, 6.07) is -0.994. The van der Waals surface area contributed by atoms with Gasteiger partial charge in [0, 0.05) is 30.6 Å². The van der Waals surface area contributed by atoms with Gasteiger partial charge in [0.05, 0.1) is 17.3 Å². The van der Waals surface area contributed by atoms with Crippen LogP contribution in [0.2, 0.25) is 5.02 Å². The second-order valence-corrected chi connectivity index (χ2v) is 9.77. The highest BCUT2D eigenvalue weighted by molar-refractivity contribution is 8.00. The van der Waals surface area contributed by atoms with Gasteiger partial charge in [0.2, 0.25) is 5.91 Å². The highest BCUT2D eigenvalue weighted by Crippen LogP contribution is 2.47. The fourth-order valence-electron chi connectivity index (χ4n) is 3.99. The number of ether oxygens (including phenoxy) is 1. The van der Waals surface area contributed by atoms with Gasteiger partial charge in [-0.25, -0.2) is 4.79 Å². The van der Waals surface area contributed by atoms with Crippen molar-refractivity contribution in [2.45, 2.75) is 56.2 Å². The van der Waals surface area contributed by atoms with E-state index in [1.54, 1.807) is 0 Å². The normalized spacial score (nSPS) is 22.0. The Bertz CT molecular complexity index is 1130. The second kappa shape index (κ2) is 9.37. The maximum atomic E-state index is 13.2. The number of carbonyl (C=O) groups excluding carboxylic acids is 3. The zero-order valence-corrected chi connectivity index (χ0v) is 19.8. The first-order valence-corrected chi connectivity index (χ1v) is 12.0. The zero-order chi connectivity index (χ0) is 25.7. The van der Waals surface area contributed by atoms with Crippen molar-refractivity contribution < 1.29 is 42.2 Å². The topological polar surface area (TPSA) is 131 Å². The predicted molar refractivity (Wildman–Crippen MR) is 115 cm³/mol. The molecule has 0 radical (unpaired) electrons. The number of hydrogen-bond donors (Lipinski definition) is 2. The van der Waals surface area contributed by atoms with Crippen molar-refractivity contribution >= 4 is 47.1 Å². The molecule has 15 heteroatoms. The average molecular weight is 537 g/mol. The Kier molecular flexibility index (Phi) is 6.79. The van der Waals surface area contributed by atoms with Crippen molar-refractivity contribution in [3.05, 3.63) is 27.7 Å². The molecule has 2 aliphatic heterocycles. The first kappa shape index (κ1) is 25.4. The minimum Gasteiger partial charge on any atom is -0.477 e. The number of halogens is 4. The Hall–Kier alpha value is -2.74. The number of aryl methyl sites for hydroxylation is 1. The van der Waals surface area contributed by atoms with Gasteiger partial charge < -0.3 is 15.2 Å². The average Bonchev–Trinajstić information content (AvgIpc) is 3.55. The molecule has 2 N–H and O–H groups in total. The summed E-state index contributed by atoms with van der Waals surface area (Å²) in [4.78, 5) is 49.0. The van der Waals surface area contributed by atoms with E-state index in [0.29, 0.717) is 12.8 Å². The number of aromatic nitrogens is 2. The van der Waals surface area contributed by atoms with Gasteiger partial charge in [0.1, 0.15) is 23.7 Å². The number of amides is 2. The summed E-state index contributed by atoms with van der Waals surface area (Å²) in [6.07, 6.45) is -3.62. The number of nitrogens with one attached hydrogen (secondary N) is 1. The van der Waals surface area contributed by atoms with Crippen LogP contribution in [0, 0.1) is 0 Å². The lowest BCUT2D eigenvalue weighted by molar-refractivity contribution is -0.151. The zero-order valence-electron chi connectivity index (χ0n) is 18.2. The summed E-state index contributed by atoms with van der Waals surface area (Å²) in [5.41, 5.74) is -0.972. The van der Waals surface area contributed by atoms with Crippen molar-refractivity contribution in [1.29, 1.82) is 0 Å². The first-order valence-electron chi connectivity index (χ1n) is 10.6. The van der Waals surface area contributed by atoms with E-state index in [9.17, 15) is 37.5 Å². The molecule has 1 aromatic heterocycles. The highest BCUT2D eigenvalue weighted by Gasteiger charge is 2.54. The number of hydrogen-bond acceptors (Lipinski definition) is 7. The Morgan fingerprint density at radius 2 is 2.00 bits per heavy atom. The molecule has 0 aromatic carbocycles. The van der Waals surface area contributed by atoms with Crippen LogP contribution in [0.3, 0.4) is 0 Å². The number of fused-ring (bicyclic) bond motifs is 1. The minimum atomic E-state index is -4.72. The van der Waals surface area contributed by atoms with Gasteiger partial charge in [0.25, 0.3) is 5.91 Å². The lowest BCUT2D eigenvalue weighted by Crippen LogP contribution is -2.70. The summed E-state index contributed by atoms with van der Waals surface area (Å²) in [6.45, 7) is 0.741. The molecule has 2 amide bonds. The Labute approximate surface area is 205 Å². The summed E-state index contributed by atoms with van der Waals surface area (Å²) in [5, 5.41) is 14.5. The molecule has 0 spiro atoms. The molecule has 190 valence electrons. The van der Waals surface area contributed by atoms with Crippen LogP contribution in [0.5, 0.6) is 0 Å². The van der Waals surface area contributed by atoms with Crippen LogP contribution in [-0.2, 0) is 36.6 Å². The van der Waals surface area contributed by atoms with Crippen molar-refractivity contribution in [2.24, 2.45) is 0 Å². The third kappa shape index (κ3) is 4.99. The summed E-state index contributed by atoms with van der Waals surface area (Å²) in [7, 11) is 0. The molecule has 35 heavy (non-hydrogen) atoms. The van der Waals surface area contributed by atoms with Crippen LogP contribution < -0.4 is 5.32 Å². The maximum Gasteiger partial charge on any atom is 0.436 e. The Balaban J connectivity index is 1.41. The number of carboxylic acids is 1. The quantitative estimate of drug-likeness (QED) is 0.382. The molecule has 2 atom stereocenters. The Morgan fingerprint density at radius 3 is 2.57 bits per heavy atom. The smallest absolute Gasteiger partial charge is 0.436 e. The number of carboxylic acid groups (broad SMARTS) is 1. The molecule has 3 heterocycles. The van der Waals surface area contributed by atoms with Gasteiger partial charge >= 0.3 is 18.1 Å². The molecule has 1 aliphatic carbocycles. The molecule has 10 nitrogen and oxygen atoms in total. The number of carbonyl (C=O) groups is 4. The van der Waals surface area contributed by atoms with Crippen LogP contribution in [0.4, 0.5) is 13.2 Å². The molecule has 1 saturated heterocycles. The number of β-lactam (4-membered cyclic amide) rings is 1. The van der Waals surface area contributed by atoms with E-state index < -0.39 is 52.1 Å². The third-order valence-electron chi connectivity index (χ3n) is 5.73. The lowest BCUT2D eigenvalue weighted by Gasteiger charge is -2.49. The van der Waals surface area contributed by atoms with Crippen LogP contribution in [0.1, 0.15) is 43.5 Å². The van der Waals surface area contributed by atoms with Crippen molar-refractivity contribution in [3.8, 4) is 0 Å². The fourth-order valence-corrected chi connectivity index (χ4v) is 5.71. The summed E-state index contributed by atoms with van der Waals surface area (Å²) in [5.74, 6) is -3.17. The van der Waals surface area contributed by atoms with E-state index in [1.165, 1.54) is 18.7 Å². The molecule has 1 aromatic rings. The molecule has 2 fully saturated rings. The number of alkyl halides is 3. The molecular formula is C20H20ClF3N4O6S. The van der Waals surface area contributed by atoms with E-state index in [0.717, 1.165) is 9.58 Å². The number of rotatable bonds is 8. The number of thioether (sulfide) groups is 1. The molecular weight excluding hydrogens is 517 g/mol.